The Hall–Kier alpha value is -2.34. The molecule has 0 bridgehead atoms. The largest absolute Gasteiger partial charge is 0.383 e. The van der Waals surface area contributed by atoms with Crippen molar-refractivity contribution < 1.29 is 14.3 Å². The van der Waals surface area contributed by atoms with E-state index in [1.165, 1.54) is 0 Å². The molecule has 2 aliphatic heterocycles. The molecule has 2 saturated heterocycles. The van der Waals surface area contributed by atoms with Crippen molar-refractivity contribution in [1.82, 2.24) is 14.8 Å². The Kier molecular flexibility index (Phi) is 3.76. The van der Waals surface area contributed by atoms with Crippen LogP contribution in [0.4, 0.5) is 0 Å². The quantitative estimate of drug-likeness (QED) is 0.928. The molecule has 0 saturated carbocycles. The average Bonchev–Trinajstić information content (AvgIpc) is 3.27. The van der Waals surface area contributed by atoms with Gasteiger partial charge >= 0.3 is 0 Å². The Bertz CT molecular complexity index is 785. The fourth-order valence-corrected chi connectivity index (χ4v) is 4.01. The molecule has 4 rings (SSSR count). The van der Waals surface area contributed by atoms with Crippen LogP contribution in [0.25, 0.3) is 10.9 Å². The second-order valence-electron chi connectivity index (χ2n) is 6.49. The van der Waals surface area contributed by atoms with Crippen LogP contribution in [0.1, 0.15) is 23.2 Å². The highest BCUT2D eigenvalue weighted by Crippen LogP contribution is 2.33. The fourth-order valence-electron chi connectivity index (χ4n) is 4.01. The van der Waals surface area contributed by atoms with Crippen molar-refractivity contribution in [2.45, 2.75) is 24.9 Å². The minimum absolute atomic E-state index is 0.0104. The van der Waals surface area contributed by atoms with Gasteiger partial charge in [-0.2, -0.15) is 0 Å². The van der Waals surface area contributed by atoms with Gasteiger partial charge in [0.2, 0.25) is 5.91 Å². The number of hydrogen-bond donors (Lipinski definition) is 1. The molecule has 24 heavy (non-hydrogen) atoms. The number of methoxy groups -OCH3 is 1. The first kappa shape index (κ1) is 15.2. The monoisotopic (exact) mass is 327 g/mol. The summed E-state index contributed by atoms with van der Waals surface area (Å²) < 4.78 is 5.10. The molecular formula is C18H21N3O3. The molecule has 0 aliphatic carbocycles. The zero-order chi connectivity index (χ0) is 16.7. The van der Waals surface area contributed by atoms with E-state index in [2.05, 4.69) is 4.98 Å². The molecule has 0 spiro atoms. The number of amides is 2. The maximum atomic E-state index is 12.9. The lowest BCUT2D eigenvalue weighted by Crippen LogP contribution is -2.40. The van der Waals surface area contributed by atoms with E-state index >= 15 is 0 Å². The number of nitrogens with one attached hydrogen (secondary N) is 1. The Morgan fingerprint density at radius 2 is 2.21 bits per heavy atom. The number of carbonyl (C=O) groups is 2. The molecule has 2 atom stereocenters. The molecule has 6 heteroatoms. The number of rotatable bonds is 4. The average molecular weight is 327 g/mol. The van der Waals surface area contributed by atoms with Crippen LogP contribution in [0.15, 0.2) is 30.5 Å². The summed E-state index contributed by atoms with van der Waals surface area (Å²) in [5, 5.41) is 1.03. The number of benzene rings is 1. The molecule has 2 aromatic rings. The number of likely N-dealkylation sites (tertiary alicyclic amines) is 2. The van der Waals surface area contributed by atoms with Crippen LogP contribution in [0.3, 0.4) is 0 Å². The lowest BCUT2D eigenvalue weighted by Gasteiger charge is -2.25. The minimum Gasteiger partial charge on any atom is -0.383 e. The van der Waals surface area contributed by atoms with Gasteiger partial charge in [0.15, 0.2) is 0 Å². The number of fused-ring (bicyclic) bond motifs is 2. The third-order valence-corrected chi connectivity index (χ3v) is 5.21. The summed E-state index contributed by atoms with van der Waals surface area (Å²) in [5.74, 6) is 0.146. The Morgan fingerprint density at radius 3 is 3.04 bits per heavy atom. The van der Waals surface area contributed by atoms with Crippen molar-refractivity contribution in [3.05, 3.63) is 36.0 Å². The summed E-state index contributed by atoms with van der Waals surface area (Å²) in [5.41, 5.74) is 1.71. The van der Waals surface area contributed by atoms with Crippen LogP contribution >= 0.6 is 0 Å². The Labute approximate surface area is 140 Å². The predicted octanol–water partition coefficient (Wildman–Crippen LogP) is 1.63. The smallest absolute Gasteiger partial charge is 0.254 e. The molecule has 2 fully saturated rings. The second kappa shape index (κ2) is 5.94. The van der Waals surface area contributed by atoms with Crippen molar-refractivity contribution in [2.75, 3.05) is 26.8 Å². The molecule has 2 amide bonds. The number of aromatic nitrogens is 1. The Morgan fingerprint density at radius 1 is 1.33 bits per heavy atom. The predicted molar refractivity (Wildman–Crippen MR) is 89.7 cm³/mol. The lowest BCUT2D eigenvalue weighted by atomic mass is 10.1. The zero-order valence-corrected chi connectivity index (χ0v) is 13.7. The van der Waals surface area contributed by atoms with Crippen LogP contribution in [0.2, 0.25) is 0 Å². The molecule has 0 radical (unpaired) electrons. The van der Waals surface area contributed by atoms with Crippen LogP contribution in [-0.4, -0.2) is 65.5 Å². The van der Waals surface area contributed by atoms with E-state index in [9.17, 15) is 9.59 Å². The molecule has 2 aliphatic rings. The molecular weight excluding hydrogens is 306 g/mol. The zero-order valence-electron chi connectivity index (χ0n) is 13.7. The maximum Gasteiger partial charge on any atom is 0.254 e. The first-order valence-corrected chi connectivity index (χ1v) is 8.35. The SMILES string of the molecule is COCCN1C(=O)CC2C1CCN2C(=O)c1ccc2[nH]ccc2c1. The number of nitrogens with zero attached hydrogens (tertiary/aromatic N) is 2. The van der Waals surface area contributed by atoms with E-state index in [-0.39, 0.29) is 23.9 Å². The summed E-state index contributed by atoms with van der Waals surface area (Å²) >= 11 is 0. The highest BCUT2D eigenvalue weighted by molar-refractivity contribution is 5.99. The van der Waals surface area contributed by atoms with E-state index < -0.39 is 0 Å². The summed E-state index contributed by atoms with van der Waals surface area (Å²) in [4.78, 5) is 32.1. The maximum absolute atomic E-state index is 12.9. The molecule has 6 nitrogen and oxygen atoms in total. The van der Waals surface area contributed by atoms with Gasteiger partial charge in [0.25, 0.3) is 5.91 Å². The highest BCUT2D eigenvalue weighted by Gasteiger charge is 2.48. The van der Waals surface area contributed by atoms with Gasteiger partial charge in [-0.25, -0.2) is 0 Å². The number of hydrogen-bond acceptors (Lipinski definition) is 3. The standard InChI is InChI=1S/C18H21N3O3/c1-24-9-8-20-15-5-7-21(16(15)11-17(20)22)18(23)13-2-3-14-12(10-13)4-6-19-14/h2-4,6,10,15-16,19H,5,7-9,11H2,1H3. The van der Waals surface area contributed by atoms with Crippen molar-refractivity contribution in [3.63, 3.8) is 0 Å². The van der Waals surface area contributed by atoms with Crippen LogP contribution in [-0.2, 0) is 9.53 Å². The minimum atomic E-state index is -0.0104. The topological polar surface area (TPSA) is 65.6 Å². The van der Waals surface area contributed by atoms with Gasteiger partial charge in [0, 0.05) is 49.3 Å². The third-order valence-electron chi connectivity index (χ3n) is 5.21. The first-order valence-electron chi connectivity index (χ1n) is 8.35. The van der Waals surface area contributed by atoms with Gasteiger partial charge < -0.3 is 19.5 Å². The number of H-pyrrole nitrogens is 1. The van der Waals surface area contributed by atoms with E-state index in [0.717, 1.165) is 17.3 Å². The lowest BCUT2D eigenvalue weighted by molar-refractivity contribution is -0.129. The first-order chi connectivity index (χ1) is 11.7. The number of ether oxygens (including phenoxy) is 1. The van der Waals surface area contributed by atoms with Gasteiger partial charge in [-0.05, 0) is 30.7 Å². The molecule has 2 unspecified atom stereocenters. The second-order valence-corrected chi connectivity index (χ2v) is 6.49. The van der Waals surface area contributed by atoms with Crippen LogP contribution in [0.5, 0.6) is 0 Å². The molecule has 126 valence electrons. The van der Waals surface area contributed by atoms with E-state index in [1.807, 2.05) is 40.3 Å². The van der Waals surface area contributed by atoms with Crippen LogP contribution < -0.4 is 0 Å². The normalized spacial score (nSPS) is 23.3. The summed E-state index contributed by atoms with van der Waals surface area (Å²) in [6, 6.07) is 7.79. The van der Waals surface area contributed by atoms with E-state index in [0.29, 0.717) is 31.7 Å². The van der Waals surface area contributed by atoms with E-state index in [1.54, 1.807) is 7.11 Å². The number of carbonyl (C=O) groups excluding carboxylic acids is 2. The number of aromatic amines is 1. The van der Waals surface area contributed by atoms with Crippen molar-refractivity contribution in [1.29, 1.82) is 0 Å². The van der Waals surface area contributed by atoms with Gasteiger partial charge in [-0.15, -0.1) is 0 Å². The molecule has 1 aromatic carbocycles. The molecule has 1 N–H and O–H groups in total. The van der Waals surface area contributed by atoms with Gasteiger partial charge in [0.05, 0.1) is 18.7 Å². The van der Waals surface area contributed by atoms with E-state index in [4.69, 9.17) is 4.74 Å². The third kappa shape index (κ3) is 2.38. The van der Waals surface area contributed by atoms with Gasteiger partial charge in [-0.3, -0.25) is 9.59 Å². The van der Waals surface area contributed by atoms with Crippen molar-refractivity contribution in [2.24, 2.45) is 0 Å². The van der Waals surface area contributed by atoms with Gasteiger partial charge in [-0.1, -0.05) is 0 Å². The molecule has 3 heterocycles. The fraction of sp³-hybridized carbons (Fsp3) is 0.444. The summed E-state index contributed by atoms with van der Waals surface area (Å²) in [7, 11) is 1.64. The Balaban J connectivity index is 1.54. The summed E-state index contributed by atoms with van der Waals surface area (Å²) in [6.45, 7) is 1.84. The van der Waals surface area contributed by atoms with Crippen molar-refractivity contribution >= 4 is 22.7 Å². The van der Waals surface area contributed by atoms with Gasteiger partial charge in [0.1, 0.15) is 0 Å². The van der Waals surface area contributed by atoms with Crippen LogP contribution in [0, 0.1) is 0 Å². The van der Waals surface area contributed by atoms with Crippen molar-refractivity contribution in [3.8, 4) is 0 Å². The molecule has 1 aromatic heterocycles. The highest BCUT2D eigenvalue weighted by atomic mass is 16.5. The summed E-state index contributed by atoms with van der Waals surface area (Å²) in [6.07, 6.45) is 3.14.